The van der Waals surface area contributed by atoms with E-state index in [1.807, 2.05) is 13.0 Å². The average Bonchev–Trinajstić information content (AvgIpc) is 2.63. The molecule has 1 rings (SSSR count). The van der Waals surface area contributed by atoms with Crippen molar-refractivity contribution in [3.8, 4) is 6.07 Å². The highest BCUT2D eigenvalue weighted by Crippen LogP contribution is 2.01. The molecule has 1 heterocycles. The molecular formula is C10H14N4O. The molecule has 1 amide bonds. The van der Waals surface area contributed by atoms with E-state index in [1.54, 1.807) is 17.9 Å². The van der Waals surface area contributed by atoms with Crippen LogP contribution in [0, 0.1) is 11.3 Å². The number of hydrogen-bond donors (Lipinski definition) is 1. The summed E-state index contributed by atoms with van der Waals surface area (Å²) in [5.74, 6) is -0.183. The number of imidazole rings is 1. The van der Waals surface area contributed by atoms with Crippen LogP contribution in [0.25, 0.3) is 0 Å². The Morgan fingerprint density at radius 3 is 3.00 bits per heavy atom. The Balaban J connectivity index is 2.63. The van der Waals surface area contributed by atoms with Crippen LogP contribution in [0.3, 0.4) is 0 Å². The Bertz CT molecular complexity index is 377. The number of nitrogens with zero attached hydrogens (tertiary/aromatic N) is 3. The molecule has 0 saturated carbocycles. The first-order valence-corrected chi connectivity index (χ1v) is 4.83. The van der Waals surface area contributed by atoms with Gasteiger partial charge in [0.25, 0.3) is 5.91 Å². The fourth-order valence-electron chi connectivity index (χ4n) is 1.24. The normalized spacial score (nSPS) is 11.8. The second-order valence-corrected chi connectivity index (χ2v) is 3.33. The van der Waals surface area contributed by atoms with Crippen LogP contribution in [0.5, 0.6) is 0 Å². The standard InChI is InChI=1S/C10H14N4O/c1-3-8(4-5-11)13-10(15)9-6-12-7-14(9)2/h6-8H,3-4H2,1-2H3,(H,13,15). The van der Waals surface area contributed by atoms with Crippen LogP contribution in [-0.4, -0.2) is 21.5 Å². The number of carbonyl (C=O) groups excluding carboxylic acids is 1. The SMILES string of the molecule is CCC(CC#N)NC(=O)c1cncn1C. The van der Waals surface area contributed by atoms with Crippen LogP contribution in [0.2, 0.25) is 0 Å². The topological polar surface area (TPSA) is 70.7 Å². The quantitative estimate of drug-likeness (QED) is 0.793. The summed E-state index contributed by atoms with van der Waals surface area (Å²) in [7, 11) is 1.76. The first-order chi connectivity index (χ1) is 7.19. The number of carbonyl (C=O) groups is 1. The van der Waals surface area contributed by atoms with Gasteiger partial charge < -0.3 is 9.88 Å². The smallest absolute Gasteiger partial charge is 0.269 e. The van der Waals surface area contributed by atoms with Crippen molar-refractivity contribution in [2.45, 2.75) is 25.8 Å². The third-order valence-electron chi connectivity index (χ3n) is 2.22. The van der Waals surface area contributed by atoms with Crippen LogP contribution in [-0.2, 0) is 7.05 Å². The average molecular weight is 206 g/mol. The van der Waals surface area contributed by atoms with Crippen molar-refractivity contribution < 1.29 is 4.79 Å². The number of amides is 1. The van der Waals surface area contributed by atoms with E-state index in [0.717, 1.165) is 6.42 Å². The zero-order chi connectivity index (χ0) is 11.3. The highest BCUT2D eigenvalue weighted by molar-refractivity contribution is 5.92. The summed E-state index contributed by atoms with van der Waals surface area (Å²) in [6, 6.07) is 1.96. The fraction of sp³-hybridized carbons (Fsp3) is 0.500. The van der Waals surface area contributed by atoms with E-state index < -0.39 is 0 Å². The molecular weight excluding hydrogens is 192 g/mol. The second kappa shape index (κ2) is 5.15. The van der Waals surface area contributed by atoms with Crippen molar-refractivity contribution in [3.05, 3.63) is 18.2 Å². The minimum Gasteiger partial charge on any atom is -0.347 e. The molecule has 1 aromatic heterocycles. The lowest BCUT2D eigenvalue weighted by Crippen LogP contribution is -2.35. The summed E-state index contributed by atoms with van der Waals surface area (Å²) < 4.78 is 1.65. The summed E-state index contributed by atoms with van der Waals surface area (Å²) in [5, 5.41) is 11.3. The summed E-state index contributed by atoms with van der Waals surface area (Å²) in [6.07, 6.45) is 4.16. The number of hydrogen-bond acceptors (Lipinski definition) is 3. The lowest BCUT2D eigenvalue weighted by atomic mass is 10.1. The molecule has 1 unspecified atom stereocenters. The Hall–Kier alpha value is -1.83. The largest absolute Gasteiger partial charge is 0.347 e. The second-order valence-electron chi connectivity index (χ2n) is 3.33. The summed E-state index contributed by atoms with van der Waals surface area (Å²) >= 11 is 0. The van der Waals surface area contributed by atoms with Gasteiger partial charge in [0.05, 0.1) is 25.0 Å². The highest BCUT2D eigenvalue weighted by atomic mass is 16.2. The van der Waals surface area contributed by atoms with Gasteiger partial charge in [-0.3, -0.25) is 4.79 Å². The molecule has 0 saturated heterocycles. The molecule has 1 N–H and O–H groups in total. The van der Waals surface area contributed by atoms with E-state index in [4.69, 9.17) is 5.26 Å². The molecule has 0 aliphatic carbocycles. The number of aryl methyl sites for hydroxylation is 1. The molecule has 0 fully saturated rings. The Labute approximate surface area is 88.7 Å². The first kappa shape index (κ1) is 11.2. The molecule has 0 spiro atoms. The summed E-state index contributed by atoms with van der Waals surface area (Å²) in [6.45, 7) is 1.94. The summed E-state index contributed by atoms with van der Waals surface area (Å²) in [4.78, 5) is 15.5. The predicted molar refractivity (Wildman–Crippen MR) is 55.0 cm³/mol. The van der Waals surface area contributed by atoms with E-state index in [2.05, 4.69) is 10.3 Å². The molecule has 5 nitrogen and oxygen atoms in total. The van der Waals surface area contributed by atoms with Crippen molar-refractivity contribution in [1.82, 2.24) is 14.9 Å². The third-order valence-corrected chi connectivity index (χ3v) is 2.22. The van der Waals surface area contributed by atoms with Crippen LogP contribution in [0.1, 0.15) is 30.3 Å². The van der Waals surface area contributed by atoms with Crippen LogP contribution >= 0.6 is 0 Å². The van der Waals surface area contributed by atoms with Gasteiger partial charge in [-0.2, -0.15) is 5.26 Å². The highest BCUT2D eigenvalue weighted by Gasteiger charge is 2.14. The maximum atomic E-state index is 11.7. The molecule has 0 aromatic carbocycles. The van der Waals surface area contributed by atoms with E-state index in [-0.39, 0.29) is 11.9 Å². The maximum Gasteiger partial charge on any atom is 0.269 e. The molecule has 1 atom stereocenters. The van der Waals surface area contributed by atoms with E-state index >= 15 is 0 Å². The van der Waals surface area contributed by atoms with Crippen molar-refractivity contribution in [3.63, 3.8) is 0 Å². The molecule has 0 bridgehead atoms. The lowest BCUT2D eigenvalue weighted by molar-refractivity contribution is 0.0928. The van der Waals surface area contributed by atoms with Gasteiger partial charge in [0.2, 0.25) is 0 Å². The van der Waals surface area contributed by atoms with Crippen molar-refractivity contribution >= 4 is 5.91 Å². The van der Waals surface area contributed by atoms with Crippen LogP contribution < -0.4 is 5.32 Å². The van der Waals surface area contributed by atoms with E-state index in [1.165, 1.54) is 6.20 Å². The molecule has 80 valence electrons. The minimum atomic E-state index is -0.183. The monoisotopic (exact) mass is 206 g/mol. The van der Waals surface area contributed by atoms with E-state index in [0.29, 0.717) is 12.1 Å². The predicted octanol–water partition coefficient (Wildman–Crippen LogP) is 0.842. The fourth-order valence-corrected chi connectivity index (χ4v) is 1.24. The Morgan fingerprint density at radius 2 is 2.53 bits per heavy atom. The van der Waals surface area contributed by atoms with Crippen molar-refractivity contribution in [1.29, 1.82) is 5.26 Å². The molecule has 1 aromatic rings. The number of nitrogens with one attached hydrogen (secondary N) is 1. The molecule has 0 radical (unpaired) electrons. The van der Waals surface area contributed by atoms with Gasteiger partial charge in [0.15, 0.2) is 0 Å². The van der Waals surface area contributed by atoms with Gasteiger partial charge in [-0.1, -0.05) is 6.92 Å². The molecule has 0 aliphatic rings. The molecule has 5 heteroatoms. The molecule has 0 aliphatic heterocycles. The number of aromatic nitrogens is 2. The van der Waals surface area contributed by atoms with Crippen molar-refractivity contribution in [2.75, 3.05) is 0 Å². The van der Waals surface area contributed by atoms with Crippen LogP contribution in [0.4, 0.5) is 0 Å². The van der Waals surface area contributed by atoms with Gasteiger partial charge in [0.1, 0.15) is 5.69 Å². The minimum absolute atomic E-state index is 0.0857. The van der Waals surface area contributed by atoms with Gasteiger partial charge >= 0.3 is 0 Å². The van der Waals surface area contributed by atoms with Crippen molar-refractivity contribution in [2.24, 2.45) is 7.05 Å². The Morgan fingerprint density at radius 1 is 1.80 bits per heavy atom. The number of nitriles is 1. The number of rotatable bonds is 4. The van der Waals surface area contributed by atoms with Gasteiger partial charge in [-0.15, -0.1) is 0 Å². The van der Waals surface area contributed by atoms with Crippen LogP contribution in [0.15, 0.2) is 12.5 Å². The van der Waals surface area contributed by atoms with Gasteiger partial charge in [-0.05, 0) is 6.42 Å². The maximum absolute atomic E-state index is 11.7. The zero-order valence-corrected chi connectivity index (χ0v) is 8.90. The third kappa shape index (κ3) is 2.81. The lowest BCUT2D eigenvalue weighted by Gasteiger charge is -2.13. The van der Waals surface area contributed by atoms with Gasteiger partial charge in [-0.25, -0.2) is 4.98 Å². The molecule has 15 heavy (non-hydrogen) atoms. The summed E-state index contributed by atoms with van der Waals surface area (Å²) in [5.41, 5.74) is 0.506. The zero-order valence-electron chi connectivity index (χ0n) is 8.90. The first-order valence-electron chi connectivity index (χ1n) is 4.83. The Kier molecular flexibility index (Phi) is 3.86. The van der Waals surface area contributed by atoms with E-state index in [9.17, 15) is 4.79 Å². The van der Waals surface area contributed by atoms with Gasteiger partial charge in [0, 0.05) is 13.1 Å².